The van der Waals surface area contributed by atoms with Crippen molar-refractivity contribution in [1.29, 1.82) is 0 Å². The smallest absolute Gasteiger partial charge is 0.414 e. The predicted molar refractivity (Wildman–Crippen MR) is 128 cm³/mol. The Bertz CT molecular complexity index is 1130. The summed E-state index contributed by atoms with van der Waals surface area (Å²) in [7, 11) is 0. The maximum atomic E-state index is 12.4. The molecule has 1 saturated heterocycles. The minimum absolute atomic E-state index is 0.0276. The van der Waals surface area contributed by atoms with E-state index < -0.39 is 11.9 Å². The van der Waals surface area contributed by atoms with Gasteiger partial charge in [0.2, 0.25) is 0 Å². The molecule has 0 aromatic heterocycles. The molecule has 1 aliphatic rings. The summed E-state index contributed by atoms with van der Waals surface area (Å²) in [6.07, 6.45) is 0. The Morgan fingerprint density at radius 1 is 0.824 bits per heavy atom. The van der Waals surface area contributed by atoms with Crippen LogP contribution in [0.15, 0.2) is 66.7 Å². The lowest BCUT2D eigenvalue weighted by Gasteiger charge is -2.34. The van der Waals surface area contributed by atoms with Crippen LogP contribution in [-0.4, -0.2) is 70.6 Å². The molecule has 0 aliphatic carbocycles. The molecule has 2 N–H and O–H groups in total. The van der Waals surface area contributed by atoms with Crippen molar-refractivity contribution in [2.75, 3.05) is 32.8 Å². The Kier molecular flexibility index (Phi) is 8.84. The van der Waals surface area contributed by atoms with E-state index in [0.29, 0.717) is 10.8 Å². The minimum atomic E-state index is -1.82. The van der Waals surface area contributed by atoms with Gasteiger partial charge in [0.1, 0.15) is 5.75 Å². The van der Waals surface area contributed by atoms with Crippen LogP contribution >= 0.6 is 11.6 Å². The van der Waals surface area contributed by atoms with Gasteiger partial charge in [-0.05, 0) is 40.6 Å². The molecule has 0 spiro atoms. The highest BCUT2D eigenvalue weighted by Gasteiger charge is 2.21. The number of aliphatic carboxylic acids is 2. The number of carbonyl (C=O) groups excluding carboxylic acids is 1. The van der Waals surface area contributed by atoms with Crippen LogP contribution in [0.5, 0.6) is 5.75 Å². The third kappa shape index (κ3) is 7.19. The first-order valence-corrected chi connectivity index (χ1v) is 11.0. The number of hydrogen-bond acceptors (Lipinski definition) is 5. The van der Waals surface area contributed by atoms with Crippen LogP contribution in [0, 0.1) is 0 Å². The van der Waals surface area contributed by atoms with E-state index in [9.17, 15) is 4.79 Å². The van der Waals surface area contributed by atoms with Gasteiger partial charge in [-0.3, -0.25) is 9.69 Å². The summed E-state index contributed by atoms with van der Waals surface area (Å²) < 4.78 is 5.58. The third-order valence-corrected chi connectivity index (χ3v) is 5.61. The third-order valence-electron chi connectivity index (χ3n) is 5.36. The molecule has 0 bridgehead atoms. The van der Waals surface area contributed by atoms with Crippen LogP contribution in [0.4, 0.5) is 0 Å². The number of carbonyl (C=O) groups is 3. The van der Waals surface area contributed by atoms with Gasteiger partial charge in [-0.1, -0.05) is 54.1 Å². The zero-order valence-corrected chi connectivity index (χ0v) is 19.1. The second kappa shape index (κ2) is 12.0. The van der Waals surface area contributed by atoms with Crippen molar-refractivity contribution in [3.63, 3.8) is 0 Å². The van der Waals surface area contributed by atoms with Gasteiger partial charge in [0, 0.05) is 37.7 Å². The quantitative estimate of drug-likeness (QED) is 0.534. The summed E-state index contributed by atoms with van der Waals surface area (Å²) in [5, 5.41) is 18.0. The maximum absolute atomic E-state index is 12.4. The Labute approximate surface area is 201 Å². The number of benzene rings is 3. The first-order chi connectivity index (χ1) is 16.3. The van der Waals surface area contributed by atoms with Gasteiger partial charge in [-0.25, -0.2) is 9.59 Å². The van der Waals surface area contributed by atoms with Crippen LogP contribution in [0.25, 0.3) is 10.8 Å². The van der Waals surface area contributed by atoms with Gasteiger partial charge in [0.05, 0.1) is 0 Å². The lowest BCUT2D eigenvalue weighted by Crippen LogP contribution is -2.49. The highest BCUT2D eigenvalue weighted by molar-refractivity contribution is 6.30. The standard InChI is InChI=1S/C23H23ClN2O2.C2H2O4/c24-20-8-10-21(11-9-20)28-17-23(27)26-14-12-25(13-15-26)16-19-6-3-5-18-4-1-2-7-22(18)19;3-1(4)2(5)6/h1-11H,12-17H2;(H,3,4)(H,5,6). The molecule has 0 atom stereocenters. The lowest BCUT2D eigenvalue weighted by atomic mass is 10.0. The fraction of sp³-hybridized carbons (Fsp3) is 0.240. The number of carboxylic acids is 2. The van der Waals surface area contributed by atoms with E-state index in [1.165, 1.54) is 16.3 Å². The molecule has 1 amide bonds. The number of hydrogen-bond donors (Lipinski definition) is 2. The van der Waals surface area contributed by atoms with Crippen molar-refractivity contribution in [3.05, 3.63) is 77.3 Å². The second-order valence-corrected chi connectivity index (χ2v) is 8.08. The van der Waals surface area contributed by atoms with E-state index in [1.54, 1.807) is 24.3 Å². The first kappa shape index (κ1) is 25.0. The number of amides is 1. The zero-order valence-electron chi connectivity index (χ0n) is 18.4. The van der Waals surface area contributed by atoms with Crippen LogP contribution in [-0.2, 0) is 20.9 Å². The Morgan fingerprint density at radius 2 is 1.44 bits per heavy atom. The number of ether oxygens (including phenoxy) is 1. The van der Waals surface area contributed by atoms with Crippen molar-refractivity contribution in [3.8, 4) is 5.75 Å². The van der Waals surface area contributed by atoms with Crippen molar-refractivity contribution in [1.82, 2.24) is 9.80 Å². The molecule has 3 aromatic rings. The molecule has 0 saturated carbocycles. The average Bonchev–Trinajstić information content (AvgIpc) is 2.84. The fourth-order valence-corrected chi connectivity index (χ4v) is 3.72. The Hall–Kier alpha value is -3.62. The molecule has 9 heteroatoms. The summed E-state index contributed by atoms with van der Waals surface area (Å²) >= 11 is 5.86. The Morgan fingerprint density at radius 3 is 2.09 bits per heavy atom. The maximum Gasteiger partial charge on any atom is 0.414 e. The van der Waals surface area contributed by atoms with E-state index in [0.717, 1.165) is 32.7 Å². The molecular weight excluding hydrogens is 460 g/mol. The van der Waals surface area contributed by atoms with Gasteiger partial charge in [0.15, 0.2) is 6.61 Å². The van der Waals surface area contributed by atoms with Gasteiger partial charge in [-0.15, -0.1) is 0 Å². The van der Waals surface area contributed by atoms with Crippen LogP contribution in [0.3, 0.4) is 0 Å². The summed E-state index contributed by atoms with van der Waals surface area (Å²) in [4.78, 5) is 34.9. The lowest BCUT2D eigenvalue weighted by molar-refractivity contribution is -0.159. The van der Waals surface area contributed by atoms with Crippen LogP contribution in [0.2, 0.25) is 5.02 Å². The van der Waals surface area contributed by atoms with Crippen LogP contribution in [0.1, 0.15) is 5.56 Å². The number of carboxylic acid groups (broad SMARTS) is 2. The number of rotatable bonds is 5. The summed E-state index contributed by atoms with van der Waals surface area (Å²) in [5.41, 5.74) is 1.34. The summed E-state index contributed by atoms with van der Waals surface area (Å²) in [5.74, 6) is -2.96. The number of halogens is 1. The molecule has 8 nitrogen and oxygen atoms in total. The summed E-state index contributed by atoms with van der Waals surface area (Å²) in [6, 6.07) is 22.0. The summed E-state index contributed by atoms with van der Waals surface area (Å²) in [6.45, 7) is 4.17. The highest BCUT2D eigenvalue weighted by atomic mass is 35.5. The molecule has 3 aromatic carbocycles. The molecular formula is C25H25ClN2O6. The van der Waals surface area contributed by atoms with E-state index in [4.69, 9.17) is 36.1 Å². The van der Waals surface area contributed by atoms with Gasteiger partial charge < -0.3 is 19.8 Å². The molecule has 4 rings (SSSR count). The molecule has 34 heavy (non-hydrogen) atoms. The van der Waals surface area contributed by atoms with E-state index in [1.807, 2.05) is 4.90 Å². The Balaban J connectivity index is 0.000000481. The topological polar surface area (TPSA) is 107 Å². The van der Waals surface area contributed by atoms with Crippen molar-refractivity contribution in [2.45, 2.75) is 6.54 Å². The van der Waals surface area contributed by atoms with E-state index >= 15 is 0 Å². The molecule has 178 valence electrons. The number of nitrogens with zero attached hydrogens (tertiary/aromatic N) is 2. The average molecular weight is 485 g/mol. The van der Waals surface area contributed by atoms with E-state index in [2.05, 4.69) is 47.4 Å². The van der Waals surface area contributed by atoms with Crippen molar-refractivity contribution >= 4 is 40.2 Å². The molecule has 1 aliphatic heterocycles. The van der Waals surface area contributed by atoms with Crippen molar-refractivity contribution < 1.29 is 29.3 Å². The SMILES string of the molecule is O=C(COc1ccc(Cl)cc1)N1CCN(Cc2cccc3ccccc23)CC1.O=C(O)C(=O)O. The van der Waals surface area contributed by atoms with Crippen LogP contribution < -0.4 is 4.74 Å². The van der Waals surface area contributed by atoms with Crippen molar-refractivity contribution in [2.24, 2.45) is 0 Å². The van der Waals surface area contributed by atoms with E-state index in [-0.39, 0.29) is 12.5 Å². The minimum Gasteiger partial charge on any atom is -0.484 e. The second-order valence-electron chi connectivity index (χ2n) is 7.65. The number of piperazine rings is 1. The molecule has 1 fully saturated rings. The van der Waals surface area contributed by atoms with Gasteiger partial charge in [-0.2, -0.15) is 0 Å². The zero-order chi connectivity index (χ0) is 24.5. The highest BCUT2D eigenvalue weighted by Crippen LogP contribution is 2.21. The molecule has 1 heterocycles. The number of fused-ring (bicyclic) bond motifs is 1. The molecule has 0 radical (unpaired) electrons. The fourth-order valence-electron chi connectivity index (χ4n) is 3.59. The van der Waals surface area contributed by atoms with Gasteiger partial charge >= 0.3 is 11.9 Å². The largest absolute Gasteiger partial charge is 0.484 e. The van der Waals surface area contributed by atoms with Gasteiger partial charge in [0.25, 0.3) is 5.91 Å². The normalized spacial score (nSPS) is 13.6. The monoisotopic (exact) mass is 484 g/mol. The first-order valence-electron chi connectivity index (χ1n) is 10.6. The predicted octanol–water partition coefficient (Wildman–Crippen LogP) is 3.37. The molecule has 0 unspecified atom stereocenters.